The first kappa shape index (κ1) is 16.9. The second kappa shape index (κ2) is 7.02. The van der Waals surface area contributed by atoms with Crippen LogP contribution in [-0.2, 0) is 0 Å². The number of phenols is 1. The van der Waals surface area contributed by atoms with E-state index >= 15 is 0 Å². The van der Waals surface area contributed by atoms with Crippen LogP contribution in [0.1, 0.15) is 19.4 Å². The highest BCUT2D eigenvalue weighted by Gasteiger charge is 2.32. The summed E-state index contributed by atoms with van der Waals surface area (Å²) in [5, 5.41) is 9.43. The Morgan fingerprint density at radius 2 is 1.67 bits per heavy atom. The lowest BCUT2D eigenvalue weighted by atomic mass is 10.0. The van der Waals surface area contributed by atoms with Gasteiger partial charge in [0, 0.05) is 5.56 Å². The molecule has 2 aromatic carbocycles. The van der Waals surface area contributed by atoms with Gasteiger partial charge in [0.1, 0.15) is 11.5 Å². The molecular weight excluding hydrogens is 281 g/mol. The molecule has 0 saturated heterocycles. The van der Waals surface area contributed by atoms with E-state index in [2.05, 4.69) is 4.74 Å². The summed E-state index contributed by atoms with van der Waals surface area (Å²) in [6, 6.07) is 10.4. The predicted octanol–water partition coefficient (Wildman–Crippen LogP) is 5.29. The van der Waals surface area contributed by atoms with E-state index in [1.165, 1.54) is 6.07 Å². The van der Waals surface area contributed by atoms with Gasteiger partial charge in [-0.15, -0.1) is 13.2 Å². The van der Waals surface area contributed by atoms with Crippen molar-refractivity contribution in [1.29, 1.82) is 0 Å². The third-order valence-electron chi connectivity index (χ3n) is 2.52. The van der Waals surface area contributed by atoms with E-state index in [9.17, 15) is 18.3 Å². The molecule has 0 aliphatic carbocycles. The van der Waals surface area contributed by atoms with Crippen molar-refractivity contribution in [3.8, 4) is 22.6 Å². The summed E-state index contributed by atoms with van der Waals surface area (Å²) in [6.07, 6.45) is -4.77. The Kier molecular flexibility index (Phi) is 5.64. The van der Waals surface area contributed by atoms with Gasteiger partial charge in [-0.3, -0.25) is 0 Å². The number of hydrogen-bond acceptors (Lipinski definition) is 2. The van der Waals surface area contributed by atoms with E-state index in [4.69, 9.17) is 0 Å². The van der Waals surface area contributed by atoms with Gasteiger partial charge < -0.3 is 9.84 Å². The number of aromatic hydroxyl groups is 1. The standard InChI is InChI=1S/C14H11F3O2.C2H6/c1-9-3-2-4-10(7-9)12-8-11(18)5-6-13(12)19-14(15,16)17;1-2/h2-8,18H,1H3;1-2H3. The van der Waals surface area contributed by atoms with E-state index in [1.807, 2.05) is 26.8 Å². The van der Waals surface area contributed by atoms with Gasteiger partial charge in [0.25, 0.3) is 0 Å². The van der Waals surface area contributed by atoms with Crippen LogP contribution in [0.25, 0.3) is 11.1 Å². The summed E-state index contributed by atoms with van der Waals surface area (Å²) >= 11 is 0. The lowest BCUT2D eigenvalue weighted by molar-refractivity contribution is -0.274. The summed E-state index contributed by atoms with van der Waals surface area (Å²) in [5.74, 6) is -0.457. The number of alkyl halides is 3. The number of benzene rings is 2. The van der Waals surface area contributed by atoms with Crippen LogP contribution in [0.2, 0.25) is 0 Å². The van der Waals surface area contributed by atoms with Crippen LogP contribution in [0.3, 0.4) is 0 Å². The molecule has 0 atom stereocenters. The minimum absolute atomic E-state index is 0.119. The second-order valence-electron chi connectivity index (χ2n) is 4.10. The Hall–Kier alpha value is -2.17. The Labute approximate surface area is 121 Å². The van der Waals surface area contributed by atoms with Crippen LogP contribution in [0, 0.1) is 6.92 Å². The third-order valence-corrected chi connectivity index (χ3v) is 2.52. The molecular formula is C16H17F3O2. The molecule has 0 aliphatic rings. The summed E-state index contributed by atoms with van der Waals surface area (Å²) in [5.41, 5.74) is 1.65. The zero-order valence-electron chi connectivity index (χ0n) is 12.0. The maximum absolute atomic E-state index is 12.3. The molecule has 21 heavy (non-hydrogen) atoms. The van der Waals surface area contributed by atoms with E-state index in [0.717, 1.165) is 17.7 Å². The first-order chi connectivity index (χ1) is 9.85. The van der Waals surface area contributed by atoms with Crippen molar-refractivity contribution >= 4 is 0 Å². The van der Waals surface area contributed by atoms with Crippen molar-refractivity contribution < 1.29 is 23.0 Å². The van der Waals surface area contributed by atoms with Crippen molar-refractivity contribution in [1.82, 2.24) is 0 Å². The lowest BCUT2D eigenvalue weighted by Crippen LogP contribution is -2.17. The fourth-order valence-corrected chi connectivity index (χ4v) is 1.77. The van der Waals surface area contributed by atoms with Crippen LogP contribution in [0.15, 0.2) is 42.5 Å². The second-order valence-corrected chi connectivity index (χ2v) is 4.10. The normalized spacial score (nSPS) is 10.6. The predicted molar refractivity (Wildman–Crippen MR) is 76.3 cm³/mol. The van der Waals surface area contributed by atoms with Crippen molar-refractivity contribution in [3.05, 3.63) is 48.0 Å². The SMILES string of the molecule is CC.Cc1cccc(-c2cc(O)ccc2OC(F)(F)F)c1. The summed E-state index contributed by atoms with van der Waals surface area (Å²) in [6.45, 7) is 5.83. The minimum atomic E-state index is -4.77. The molecule has 0 radical (unpaired) electrons. The van der Waals surface area contributed by atoms with Crippen LogP contribution < -0.4 is 4.74 Å². The van der Waals surface area contributed by atoms with E-state index in [0.29, 0.717) is 5.56 Å². The first-order valence-electron chi connectivity index (χ1n) is 6.51. The molecule has 0 aliphatic heterocycles. The largest absolute Gasteiger partial charge is 0.573 e. The Morgan fingerprint density at radius 1 is 1.00 bits per heavy atom. The summed E-state index contributed by atoms with van der Waals surface area (Å²) < 4.78 is 41.0. The van der Waals surface area contributed by atoms with Gasteiger partial charge >= 0.3 is 6.36 Å². The molecule has 114 valence electrons. The van der Waals surface area contributed by atoms with Crippen LogP contribution >= 0.6 is 0 Å². The molecule has 0 fully saturated rings. The lowest BCUT2D eigenvalue weighted by Gasteiger charge is -2.14. The smallest absolute Gasteiger partial charge is 0.508 e. The molecule has 1 N–H and O–H groups in total. The average molecular weight is 298 g/mol. The highest BCUT2D eigenvalue weighted by atomic mass is 19.4. The highest BCUT2D eigenvalue weighted by molar-refractivity contribution is 5.72. The number of aryl methyl sites for hydroxylation is 1. The zero-order valence-corrected chi connectivity index (χ0v) is 12.0. The van der Waals surface area contributed by atoms with Gasteiger partial charge in [-0.1, -0.05) is 43.7 Å². The van der Waals surface area contributed by atoms with Crippen LogP contribution in [-0.4, -0.2) is 11.5 Å². The molecule has 5 heteroatoms. The number of ether oxygens (including phenoxy) is 1. The Morgan fingerprint density at radius 3 is 2.24 bits per heavy atom. The van der Waals surface area contributed by atoms with Gasteiger partial charge in [0.2, 0.25) is 0 Å². The van der Waals surface area contributed by atoms with Gasteiger partial charge in [0.15, 0.2) is 0 Å². The molecule has 2 nitrogen and oxygen atoms in total. The van der Waals surface area contributed by atoms with Gasteiger partial charge in [-0.25, -0.2) is 0 Å². The fraction of sp³-hybridized carbons (Fsp3) is 0.250. The molecule has 0 bridgehead atoms. The molecule has 0 unspecified atom stereocenters. The molecule has 0 amide bonds. The molecule has 0 aromatic heterocycles. The number of phenolic OH excluding ortho intramolecular Hbond substituents is 1. The van der Waals surface area contributed by atoms with Crippen molar-refractivity contribution in [2.45, 2.75) is 27.1 Å². The van der Waals surface area contributed by atoms with E-state index in [-0.39, 0.29) is 17.1 Å². The monoisotopic (exact) mass is 298 g/mol. The van der Waals surface area contributed by atoms with Crippen molar-refractivity contribution in [3.63, 3.8) is 0 Å². The molecule has 2 aromatic rings. The maximum atomic E-state index is 12.3. The Bertz CT molecular complexity index is 592. The maximum Gasteiger partial charge on any atom is 0.573 e. The van der Waals surface area contributed by atoms with Crippen molar-refractivity contribution in [2.75, 3.05) is 0 Å². The van der Waals surface area contributed by atoms with E-state index in [1.54, 1.807) is 18.2 Å². The highest BCUT2D eigenvalue weighted by Crippen LogP contribution is 2.36. The number of rotatable bonds is 2. The third kappa shape index (κ3) is 5.02. The minimum Gasteiger partial charge on any atom is -0.508 e. The fourth-order valence-electron chi connectivity index (χ4n) is 1.77. The molecule has 0 spiro atoms. The molecule has 0 saturated carbocycles. The summed E-state index contributed by atoms with van der Waals surface area (Å²) in [4.78, 5) is 0. The van der Waals surface area contributed by atoms with Gasteiger partial charge in [-0.2, -0.15) is 0 Å². The number of halogens is 3. The topological polar surface area (TPSA) is 29.5 Å². The Balaban J connectivity index is 0.00000106. The summed E-state index contributed by atoms with van der Waals surface area (Å²) in [7, 11) is 0. The first-order valence-corrected chi connectivity index (χ1v) is 6.51. The quantitative estimate of drug-likeness (QED) is 0.816. The van der Waals surface area contributed by atoms with Crippen molar-refractivity contribution in [2.24, 2.45) is 0 Å². The van der Waals surface area contributed by atoms with Gasteiger partial charge in [-0.05, 0) is 30.7 Å². The zero-order chi connectivity index (χ0) is 16.0. The van der Waals surface area contributed by atoms with Gasteiger partial charge in [0.05, 0.1) is 0 Å². The molecule has 0 heterocycles. The average Bonchev–Trinajstić information content (AvgIpc) is 2.41. The van der Waals surface area contributed by atoms with E-state index < -0.39 is 6.36 Å². The molecule has 2 rings (SSSR count). The number of hydrogen-bond donors (Lipinski definition) is 1. The van der Waals surface area contributed by atoms with Crippen LogP contribution in [0.4, 0.5) is 13.2 Å². The van der Waals surface area contributed by atoms with Crippen LogP contribution in [0.5, 0.6) is 11.5 Å².